The Kier molecular flexibility index (Phi) is 6.93. The Labute approximate surface area is 169 Å². The summed E-state index contributed by atoms with van der Waals surface area (Å²) in [4.78, 5) is 31.2. The molecule has 150 valence electrons. The third-order valence-corrected chi connectivity index (χ3v) is 5.44. The molecule has 2 atom stereocenters. The zero-order chi connectivity index (χ0) is 20.1. The largest absolute Gasteiger partial charge is 0.373 e. The van der Waals surface area contributed by atoms with Crippen LogP contribution >= 0.6 is 11.3 Å². The van der Waals surface area contributed by atoms with Crippen molar-refractivity contribution >= 4 is 28.2 Å². The summed E-state index contributed by atoms with van der Waals surface area (Å²) in [7, 11) is 0. The van der Waals surface area contributed by atoms with Crippen LogP contribution in [0.15, 0.2) is 29.6 Å². The lowest BCUT2D eigenvalue weighted by Crippen LogP contribution is -2.44. The molecule has 0 radical (unpaired) electrons. The van der Waals surface area contributed by atoms with E-state index in [2.05, 4.69) is 29.0 Å². The average molecular weight is 402 g/mol. The van der Waals surface area contributed by atoms with Gasteiger partial charge >= 0.3 is 0 Å². The summed E-state index contributed by atoms with van der Waals surface area (Å²) in [5.41, 5.74) is 2.69. The SMILES string of the molecule is Cc1ccc(C(=O)CCC(=O)Nc2nc(CN3CC(C)OC(C)C3)cs2)cc1. The molecule has 1 N–H and O–H groups in total. The van der Waals surface area contributed by atoms with E-state index >= 15 is 0 Å². The van der Waals surface area contributed by atoms with E-state index in [-0.39, 0.29) is 36.7 Å². The van der Waals surface area contributed by atoms with E-state index in [9.17, 15) is 9.59 Å². The highest BCUT2D eigenvalue weighted by atomic mass is 32.1. The van der Waals surface area contributed by atoms with E-state index in [1.54, 1.807) is 12.1 Å². The Morgan fingerprint density at radius 1 is 1.18 bits per heavy atom. The van der Waals surface area contributed by atoms with Crippen LogP contribution in [0, 0.1) is 6.92 Å². The molecule has 3 rings (SSSR count). The first-order valence-corrected chi connectivity index (χ1v) is 10.5. The molecule has 1 aromatic carbocycles. The number of thiazole rings is 1. The second-order valence-electron chi connectivity index (χ2n) is 7.43. The lowest BCUT2D eigenvalue weighted by molar-refractivity contribution is -0.116. The number of rotatable bonds is 7. The Morgan fingerprint density at radius 2 is 1.86 bits per heavy atom. The maximum atomic E-state index is 12.2. The number of ether oxygens (including phenoxy) is 1. The number of nitrogens with zero attached hydrogens (tertiary/aromatic N) is 2. The number of ketones is 1. The quantitative estimate of drug-likeness (QED) is 0.717. The van der Waals surface area contributed by atoms with Gasteiger partial charge in [-0.25, -0.2) is 4.98 Å². The van der Waals surface area contributed by atoms with Crippen molar-refractivity contribution in [3.8, 4) is 0 Å². The number of carbonyl (C=O) groups is 2. The summed E-state index contributed by atoms with van der Waals surface area (Å²) in [6.45, 7) is 8.64. The van der Waals surface area contributed by atoms with Gasteiger partial charge in [0.05, 0.1) is 17.9 Å². The third kappa shape index (κ3) is 5.95. The molecule has 2 unspecified atom stereocenters. The van der Waals surface area contributed by atoms with E-state index in [0.29, 0.717) is 10.7 Å². The highest BCUT2D eigenvalue weighted by molar-refractivity contribution is 7.13. The van der Waals surface area contributed by atoms with Crippen molar-refractivity contribution in [2.45, 2.75) is 52.4 Å². The minimum absolute atomic E-state index is 0.0227. The average Bonchev–Trinajstić information content (AvgIpc) is 3.06. The smallest absolute Gasteiger partial charge is 0.226 e. The first-order chi connectivity index (χ1) is 13.4. The Morgan fingerprint density at radius 3 is 2.54 bits per heavy atom. The predicted molar refractivity (Wildman–Crippen MR) is 111 cm³/mol. The van der Waals surface area contributed by atoms with E-state index in [0.717, 1.165) is 30.9 Å². The van der Waals surface area contributed by atoms with Gasteiger partial charge in [-0.05, 0) is 20.8 Å². The molecule has 28 heavy (non-hydrogen) atoms. The molecule has 1 aliphatic rings. The van der Waals surface area contributed by atoms with Crippen LogP contribution in [-0.4, -0.2) is 46.9 Å². The monoisotopic (exact) mass is 401 g/mol. The fraction of sp³-hybridized carbons (Fsp3) is 0.476. The van der Waals surface area contributed by atoms with Crippen molar-refractivity contribution in [2.75, 3.05) is 18.4 Å². The number of hydrogen-bond acceptors (Lipinski definition) is 6. The molecule has 0 saturated carbocycles. The number of nitrogens with one attached hydrogen (secondary N) is 1. The maximum Gasteiger partial charge on any atom is 0.226 e. The van der Waals surface area contributed by atoms with Crippen LogP contribution in [0.3, 0.4) is 0 Å². The van der Waals surface area contributed by atoms with Gasteiger partial charge in [-0.2, -0.15) is 0 Å². The van der Waals surface area contributed by atoms with Crippen LogP contribution in [0.4, 0.5) is 5.13 Å². The van der Waals surface area contributed by atoms with Crippen LogP contribution in [0.1, 0.15) is 48.3 Å². The summed E-state index contributed by atoms with van der Waals surface area (Å²) >= 11 is 1.41. The zero-order valence-electron chi connectivity index (χ0n) is 16.6. The van der Waals surface area contributed by atoms with E-state index < -0.39 is 0 Å². The second kappa shape index (κ2) is 9.41. The van der Waals surface area contributed by atoms with Crippen molar-refractivity contribution in [1.82, 2.24) is 9.88 Å². The van der Waals surface area contributed by atoms with E-state index in [4.69, 9.17) is 4.74 Å². The van der Waals surface area contributed by atoms with Crippen LogP contribution < -0.4 is 5.32 Å². The number of anilines is 1. The lowest BCUT2D eigenvalue weighted by Gasteiger charge is -2.34. The first kappa shape index (κ1) is 20.6. The lowest BCUT2D eigenvalue weighted by atomic mass is 10.1. The van der Waals surface area contributed by atoms with E-state index in [1.165, 1.54) is 11.3 Å². The van der Waals surface area contributed by atoms with Crippen molar-refractivity contribution in [1.29, 1.82) is 0 Å². The van der Waals surface area contributed by atoms with Crippen LogP contribution in [0.5, 0.6) is 0 Å². The van der Waals surface area contributed by atoms with Gasteiger partial charge in [0.1, 0.15) is 0 Å². The number of amides is 1. The molecule has 7 heteroatoms. The summed E-state index contributed by atoms with van der Waals surface area (Å²) in [5.74, 6) is -0.208. The fourth-order valence-corrected chi connectivity index (χ4v) is 4.09. The van der Waals surface area contributed by atoms with Gasteiger partial charge in [0, 0.05) is 43.4 Å². The number of hydrogen-bond donors (Lipinski definition) is 1. The highest BCUT2D eigenvalue weighted by Crippen LogP contribution is 2.19. The summed E-state index contributed by atoms with van der Waals surface area (Å²) in [5, 5.41) is 5.36. The van der Waals surface area contributed by atoms with Gasteiger partial charge in [0.25, 0.3) is 0 Å². The van der Waals surface area contributed by atoms with Crippen LogP contribution in [0.2, 0.25) is 0 Å². The van der Waals surface area contributed by atoms with Crippen molar-refractivity contribution in [3.05, 3.63) is 46.5 Å². The number of benzene rings is 1. The minimum atomic E-state index is -0.185. The van der Waals surface area contributed by atoms with Crippen LogP contribution in [-0.2, 0) is 16.1 Å². The second-order valence-corrected chi connectivity index (χ2v) is 8.29. The molecule has 1 aromatic heterocycles. The number of carbonyl (C=O) groups excluding carboxylic acids is 2. The molecule has 0 spiro atoms. The number of aryl methyl sites for hydroxylation is 1. The van der Waals surface area contributed by atoms with Gasteiger partial charge in [0.15, 0.2) is 10.9 Å². The molecule has 1 saturated heterocycles. The Hall–Kier alpha value is -2.09. The Balaban J connectivity index is 1.46. The summed E-state index contributed by atoms with van der Waals surface area (Å²) in [6.07, 6.45) is 0.775. The summed E-state index contributed by atoms with van der Waals surface area (Å²) in [6, 6.07) is 7.41. The highest BCUT2D eigenvalue weighted by Gasteiger charge is 2.22. The molecule has 0 bridgehead atoms. The standard InChI is InChI=1S/C21H27N3O3S/c1-14-4-6-17(7-5-14)19(25)8-9-20(26)23-21-22-18(13-28-21)12-24-10-15(2)27-16(3)11-24/h4-7,13,15-16H,8-12H2,1-3H3,(H,22,23,26). The zero-order valence-corrected chi connectivity index (χ0v) is 17.4. The molecule has 1 fully saturated rings. The first-order valence-electron chi connectivity index (χ1n) is 9.61. The van der Waals surface area contributed by atoms with Crippen molar-refractivity contribution < 1.29 is 14.3 Å². The van der Waals surface area contributed by atoms with Crippen molar-refractivity contribution in [2.24, 2.45) is 0 Å². The molecule has 0 aliphatic carbocycles. The van der Waals surface area contributed by atoms with Gasteiger partial charge < -0.3 is 10.1 Å². The minimum Gasteiger partial charge on any atom is -0.373 e. The Bertz CT molecular complexity index is 809. The summed E-state index contributed by atoms with van der Waals surface area (Å²) < 4.78 is 5.75. The van der Waals surface area contributed by atoms with Gasteiger partial charge in [-0.1, -0.05) is 29.8 Å². The predicted octanol–water partition coefficient (Wildman–Crippen LogP) is 3.66. The molecular weight excluding hydrogens is 374 g/mol. The van der Waals surface area contributed by atoms with Crippen molar-refractivity contribution in [3.63, 3.8) is 0 Å². The maximum absolute atomic E-state index is 12.2. The number of Topliss-reactive ketones (excluding diaryl/α,β-unsaturated/α-hetero) is 1. The molecular formula is C21H27N3O3S. The number of aromatic nitrogens is 1. The molecule has 2 heterocycles. The van der Waals surface area contributed by atoms with E-state index in [1.807, 2.05) is 24.4 Å². The normalized spacial score (nSPS) is 20.1. The third-order valence-electron chi connectivity index (χ3n) is 4.63. The number of morpholine rings is 1. The molecule has 1 amide bonds. The topological polar surface area (TPSA) is 71.5 Å². The van der Waals surface area contributed by atoms with Gasteiger partial charge in [0.2, 0.25) is 5.91 Å². The molecule has 1 aliphatic heterocycles. The van der Waals surface area contributed by atoms with Gasteiger partial charge in [-0.15, -0.1) is 11.3 Å². The van der Waals surface area contributed by atoms with Gasteiger partial charge in [-0.3, -0.25) is 14.5 Å². The molecule has 2 aromatic rings. The molecule has 6 nitrogen and oxygen atoms in total. The van der Waals surface area contributed by atoms with Crippen LogP contribution in [0.25, 0.3) is 0 Å². The fourth-order valence-electron chi connectivity index (χ4n) is 3.37.